The molecule has 48 heavy (non-hydrogen) atoms. The minimum Gasteiger partial charge on any atom is -0.616 e. The van der Waals surface area contributed by atoms with Crippen molar-refractivity contribution in [2.75, 3.05) is 11.5 Å². The van der Waals surface area contributed by atoms with Crippen molar-refractivity contribution in [3.63, 3.8) is 0 Å². The molecule has 0 aliphatic heterocycles. The lowest BCUT2D eigenvalue weighted by Crippen LogP contribution is -2.47. The molecule has 7 atom stereocenters. The van der Waals surface area contributed by atoms with Crippen LogP contribution in [0.5, 0.6) is 5.75 Å². The second-order valence-corrected chi connectivity index (χ2v) is 17.0. The van der Waals surface area contributed by atoms with Gasteiger partial charge in [0.25, 0.3) is 0 Å². The number of unbranched alkanes of at least 4 members (excludes halogenated alkanes) is 6. The number of aliphatic hydroxyl groups is 1. The van der Waals surface area contributed by atoms with E-state index in [1.807, 2.05) is 12.1 Å². The average Bonchev–Trinajstić information content (AvgIpc) is 3.28. The summed E-state index contributed by atoms with van der Waals surface area (Å²) in [4.78, 5) is 12.5. The Hall–Kier alpha value is -1.14. The first kappa shape index (κ1) is 41.3. The zero-order valence-corrected chi connectivity index (χ0v) is 30.2. The zero-order valence-electron chi connectivity index (χ0n) is 28.6. The Kier molecular flexibility index (Phi) is 14.5. The van der Waals surface area contributed by atoms with E-state index >= 15 is 0 Å². The first-order valence-corrected chi connectivity index (χ1v) is 19.0. The molecule has 2 fully saturated rings. The predicted molar refractivity (Wildman–Crippen MR) is 182 cm³/mol. The van der Waals surface area contributed by atoms with Crippen LogP contribution in [0.25, 0.3) is 0 Å². The Bertz CT molecular complexity index is 1200. The zero-order chi connectivity index (χ0) is 34.6. The van der Waals surface area contributed by atoms with Gasteiger partial charge in [0.2, 0.25) is 0 Å². The van der Waals surface area contributed by atoms with E-state index in [2.05, 4.69) is 13.0 Å². The van der Waals surface area contributed by atoms with Crippen LogP contribution in [0, 0.1) is 23.2 Å². The van der Waals surface area contributed by atoms with Gasteiger partial charge in [-0.2, -0.15) is 22.0 Å². The van der Waals surface area contributed by atoms with Crippen LogP contribution in [0.15, 0.2) is 18.2 Å². The fourth-order valence-corrected chi connectivity index (χ4v) is 9.77. The van der Waals surface area contributed by atoms with Crippen LogP contribution in [0.4, 0.5) is 22.0 Å². The maximum atomic E-state index is 13.0. The summed E-state index contributed by atoms with van der Waals surface area (Å²) in [5, 5.41) is 11.0. The molecular formula is C36H55ClF5NO4S. The number of rotatable bonds is 16. The van der Waals surface area contributed by atoms with Gasteiger partial charge in [-0.1, -0.05) is 56.3 Å². The maximum absolute atomic E-state index is 13.0. The molecule has 1 aromatic carbocycles. The smallest absolute Gasteiger partial charge is 0.453 e. The monoisotopic (exact) mass is 727 g/mol. The Morgan fingerprint density at radius 2 is 1.62 bits per heavy atom. The summed E-state index contributed by atoms with van der Waals surface area (Å²) in [7, 11) is 0. The molecule has 276 valence electrons. The number of esters is 1. The van der Waals surface area contributed by atoms with Gasteiger partial charge in [0.1, 0.15) is 22.8 Å². The van der Waals surface area contributed by atoms with Gasteiger partial charge in [0.15, 0.2) is 0 Å². The number of alkyl halides is 5. The van der Waals surface area contributed by atoms with Gasteiger partial charge >= 0.3 is 18.1 Å². The highest BCUT2D eigenvalue weighted by Gasteiger charge is 2.57. The highest BCUT2D eigenvalue weighted by Crippen LogP contribution is 2.62. The molecule has 0 heterocycles. The molecule has 0 aromatic heterocycles. The average molecular weight is 728 g/mol. The second kappa shape index (κ2) is 16.9. The van der Waals surface area contributed by atoms with Crippen molar-refractivity contribution in [3.8, 4) is 5.75 Å². The quantitative estimate of drug-likeness (QED) is 0.0583. The van der Waals surface area contributed by atoms with Crippen LogP contribution in [0.3, 0.4) is 0 Å². The lowest BCUT2D eigenvalue weighted by Gasteiger charge is -2.53. The van der Waals surface area contributed by atoms with Gasteiger partial charge in [-0.25, -0.2) is 4.79 Å². The number of halogens is 6. The van der Waals surface area contributed by atoms with E-state index in [0.29, 0.717) is 41.6 Å². The van der Waals surface area contributed by atoms with Crippen molar-refractivity contribution in [1.82, 2.24) is 0 Å². The molecule has 2 saturated carbocycles. The molecule has 4 rings (SSSR count). The number of carbonyl (C=O) groups excluding carboxylic acids is 1. The molecule has 3 N–H and O–H groups in total. The molecule has 3 aliphatic carbocycles. The number of nitrogens with two attached hydrogens (primary N) is 1. The number of aliphatic hydroxyl groups excluding tert-OH is 1. The van der Waals surface area contributed by atoms with E-state index in [1.54, 1.807) is 13.8 Å². The van der Waals surface area contributed by atoms with E-state index in [0.717, 1.165) is 77.0 Å². The normalized spacial score (nSPS) is 27.8. The molecule has 0 spiro atoms. The lowest BCUT2D eigenvalue weighted by molar-refractivity contribution is -0.284. The third kappa shape index (κ3) is 10.0. The molecule has 0 saturated heterocycles. The SMILES string of the molecule is CC(C)(N)C(=O)Oc1ccc2c(c1)CC(CCCCCCCCC[S+]([O-])CCCC(F)(F)C(F)(F)F)C1C2CCC2(C)C(O)CCC12.Cl. The Labute approximate surface area is 292 Å². The van der Waals surface area contributed by atoms with Crippen LogP contribution in [0.1, 0.15) is 128 Å². The van der Waals surface area contributed by atoms with Crippen LogP contribution >= 0.6 is 12.4 Å². The predicted octanol–water partition coefficient (Wildman–Crippen LogP) is 9.04. The summed E-state index contributed by atoms with van der Waals surface area (Å²) in [6.45, 7) is 5.56. The lowest BCUT2D eigenvalue weighted by atomic mass is 9.52. The van der Waals surface area contributed by atoms with Gasteiger partial charge < -0.3 is 20.1 Å². The van der Waals surface area contributed by atoms with Gasteiger partial charge in [0.05, 0.1) is 6.10 Å². The standard InChI is InChI=1S/C36H54F5NO4S.ClH/c1-33(2,42)32(44)46-26-13-14-27-25(23-26)22-24(31-28(27)17-19-34(3)29(31)15-16-30(34)43)12-9-7-5-4-6-8-10-20-47(45)21-11-18-35(37,38)36(39,40)41;/h13-14,23-24,28-31,43H,4-12,15-22,42H2,1-3H3;1H. The highest BCUT2D eigenvalue weighted by molar-refractivity contribution is 7.91. The summed E-state index contributed by atoms with van der Waals surface area (Å²) in [6.07, 6.45) is 5.39. The van der Waals surface area contributed by atoms with Crippen molar-refractivity contribution in [3.05, 3.63) is 29.3 Å². The minimum absolute atomic E-state index is 0. The summed E-state index contributed by atoms with van der Waals surface area (Å²) >= 11 is -1.38. The molecule has 0 amide bonds. The molecule has 0 bridgehead atoms. The molecule has 12 heteroatoms. The molecule has 3 aliphatic rings. The van der Waals surface area contributed by atoms with Crippen LogP contribution in [-0.2, 0) is 22.4 Å². The molecule has 7 unspecified atom stereocenters. The highest BCUT2D eigenvalue weighted by atomic mass is 35.5. The number of carbonyl (C=O) groups is 1. The topological polar surface area (TPSA) is 95.6 Å². The Morgan fingerprint density at radius 3 is 2.27 bits per heavy atom. The van der Waals surface area contributed by atoms with Crippen LogP contribution in [-0.4, -0.2) is 50.9 Å². The molecule has 1 aromatic rings. The van der Waals surface area contributed by atoms with Crippen LogP contribution < -0.4 is 10.5 Å². The summed E-state index contributed by atoms with van der Waals surface area (Å²) in [5.41, 5.74) is 7.46. The summed E-state index contributed by atoms with van der Waals surface area (Å²) in [6, 6.07) is 6.07. The van der Waals surface area contributed by atoms with Crippen molar-refractivity contribution >= 4 is 29.6 Å². The number of hydrogen-bond donors (Lipinski definition) is 2. The van der Waals surface area contributed by atoms with Crippen molar-refractivity contribution in [2.45, 2.75) is 147 Å². The number of benzene rings is 1. The van der Waals surface area contributed by atoms with Gasteiger partial charge in [0, 0.05) is 6.42 Å². The van der Waals surface area contributed by atoms with Crippen molar-refractivity contribution < 1.29 is 41.1 Å². The van der Waals surface area contributed by atoms with Crippen molar-refractivity contribution in [1.29, 1.82) is 0 Å². The number of ether oxygens (including phenoxy) is 1. The van der Waals surface area contributed by atoms with Gasteiger partial charge in [-0.3, -0.25) is 0 Å². The van der Waals surface area contributed by atoms with E-state index in [-0.39, 0.29) is 29.7 Å². The van der Waals surface area contributed by atoms with E-state index in [9.17, 15) is 36.4 Å². The van der Waals surface area contributed by atoms with Gasteiger partial charge in [-0.05, 0) is 124 Å². The Morgan fingerprint density at radius 1 is 1.00 bits per heavy atom. The van der Waals surface area contributed by atoms with Gasteiger partial charge in [-0.15, -0.1) is 12.4 Å². The Balaban J connectivity index is 0.00000625. The largest absolute Gasteiger partial charge is 0.616 e. The van der Waals surface area contributed by atoms with Crippen LogP contribution in [0.2, 0.25) is 0 Å². The minimum atomic E-state index is -5.56. The third-order valence-corrected chi connectivity index (χ3v) is 12.8. The van der Waals surface area contributed by atoms with E-state index in [4.69, 9.17) is 10.5 Å². The maximum Gasteiger partial charge on any atom is 0.453 e. The molecule has 5 nitrogen and oxygen atoms in total. The number of hydrogen-bond acceptors (Lipinski definition) is 5. The fourth-order valence-electron chi connectivity index (χ4n) is 8.58. The second-order valence-electron chi connectivity index (χ2n) is 15.3. The molecular weight excluding hydrogens is 673 g/mol. The fraction of sp³-hybridized carbons (Fsp3) is 0.806. The van der Waals surface area contributed by atoms with E-state index < -0.39 is 47.6 Å². The first-order valence-electron chi connectivity index (χ1n) is 17.6. The summed E-state index contributed by atoms with van der Waals surface area (Å²) < 4.78 is 80.5. The first-order chi connectivity index (χ1) is 21.9. The summed E-state index contributed by atoms with van der Waals surface area (Å²) in [5.74, 6) is -2.49. The van der Waals surface area contributed by atoms with E-state index in [1.165, 1.54) is 11.1 Å². The number of fused-ring (bicyclic) bond motifs is 5. The molecule has 0 radical (unpaired) electrons. The van der Waals surface area contributed by atoms with Crippen molar-refractivity contribution in [2.24, 2.45) is 28.9 Å². The third-order valence-electron chi connectivity index (χ3n) is 11.3.